The van der Waals surface area contributed by atoms with Crippen LogP contribution >= 0.6 is 0 Å². The number of fused-ring (bicyclic) bond motifs is 4. The van der Waals surface area contributed by atoms with E-state index in [0.29, 0.717) is 25.4 Å². The van der Waals surface area contributed by atoms with Gasteiger partial charge in [0, 0.05) is 24.2 Å². The Kier molecular flexibility index (Phi) is 12.9. The van der Waals surface area contributed by atoms with Crippen LogP contribution in [0.1, 0.15) is 99.8 Å². The summed E-state index contributed by atoms with van der Waals surface area (Å²) in [7, 11) is 0. The first-order chi connectivity index (χ1) is 30.5. The van der Waals surface area contributed by atoms with Gasteiger partial charge in [-0.3, -0.25) is 0 Å². The summed E-state index contributed by atoms with van der Waals surface area (Å²) >= 11 is 0. The third-order valence-electron chi connectivity index (χ3n) is 18.7. The molecule has 0 radical (unpaired) electrons. The Bertz CT molecular complexity index is 1760. The number of hydrogen-bond acceptors (Lipinski definition) is 18. The summed E-state index contributed by atoms with van der Waals surface area (Å²) in [6.07, 6.45) is -14.3. The van der Waals surface area contributed by atoms with Crippen LogP contribution in [0.3, 0.4) is 0 Å². The van der Waals surface area contributed by atoms with Crippen LogP contribution in [-0.4, -0.2) is 187 Å². The van der Waals surface area contributed by atoms with Crippen LogP contribution in [0.4, 0.5) is 0 Å². The molecule has 372 valence electrons. The fraction of sp³-hybridized carbons (Fsp3) is 0.957. The standard InChI is InChI=1S/C47H76O18/c1-21(2)14-22-15-45(7,57)38-23-8-9-28-43(5)12-11-29(42(3,4)27(43)10-13-44(28,6)46(23)19-47(38,65-22)59-20-46)62-41-37(64-40-35(56)33(54)31(52)26(17-49)61-40)36(24(50)18-58-41)63-39-34(55)32(53)30(51)25(16-48)60-39/h14,22-41,48-57H,8-13,15-20H2,1-7H3. The van der Waals surface area contributed by atoms with E-state index in [9.17, 15) is 51.1 Å². The Morgan fingerprint density at radius 2 is 1.31 bits per heavy atom. The molecule has 5 saturated heterocycles. The van der Waals surface area contributed by atoms with Gasteiger partial charge in [-0.25, -0.2) is 0 Å². The van der Waals surface area contributed by atoms with E-state index in [1.54, 1.807) is 0 Å². The van der Waals surface area contributed by atoms with Gasteiger partial charge in [0.15, 0.2) is 24.7 Å². The van der Waals surface area contributed by atoms with Crippen molar-refractivity contribution < 1.29 is 89.0 Å². The van der Waals surface area contributed by atoms with Gasteiger partial charge in [-0.1, -0.05) is 39.3 Å². The van der Waals surface area contributed by atoms with Crippen molar-refractivity contribution in [1.29, 1.82) is 0 Å². The molecule has 18 nitrogen and oxygen atoms in total. The zero-order valence-corrected chi connectivity index (χ0v) is 38.8. The molecule has 0 aromatic carbocycles. The van der Waals surface area contributed by atoms with Crippen LogP contribution in [0.5, 0.6) is 0 Å². The molecule has 18 heteroatoms. The van der Waals surface area contributed by atoms with Crippen LogP contribution < -0.4 is 0 Å². The molecule has 0 amide bonds. The molecule has 0 aromatic heterocycles. The minimum atomic E-state index is -1.83. The van der Waals surface area contributed by atoms with E-state index in [-0.39, 0.29) is 46.7 Å². The summed E-state index contributed by atoms with van der Waals surface area (Å²) < 4.78 is 50.8. The normalized spacial score (nSPS) is 57.1. The Morgan fingerprint density at radius 1 is 0.692 bits per heavy atom. The predicted octanol–water partition coefficient (Wildman–Crippen LogP) is -0.0333. The molecule has 25 atom stereocenters. The largest absolute Gasteiger partial charge is 0.394 e. The van der Waals surface area contributed by atoms with Crippen LogP contribution in [0.25, 0.3) is 0 Å². The van der Waals surface area contributed by atoms with Gasteiger partial charge in [-0.2, -0.15) is 0 Å². The maximum Gasteiger partial charge on any atom is 0.187 e. The fourth-order valence-electron chi connectivity index (χ4n) is 15.8. The van der Waals surface area contributed by atoms with E-state index in [1.807, 2.05) is 6.92 Å². The van der Waals surface area contributed by atoms with Gasteiger partial charge in [0.05, 0.1) is 44.2 Å². The van der Waals surface area contributed by atoms with Gasteiger partial charge in [0.2, 0.25) is 0 Å². The topological polar surface area (TPSA) is 276 Å². The Morgan fingerprint density at radius 3 is 1.91 bits per heavy atom. The first-order valence-electron chi connectivity index (χ1n) is 24.0. The summed E-state index contributed by atoms with van der Waals surface area (Å²) in [5, 5.41) is 108. The lowest BCUT2D eigenvalue weighted by Gasteiger charge is -2.70. The van der Waals surface area contributed by atoms with Crippen LogP contribution in [0.15, 0.2) is 11.6 Å². The van der Waals surface area contributed by atoms with Crippen molar-refractivity contribution in [2.75, 3.05) is 26.4 Å². The minimum absolute atomic E-state index is 0.0842. The fourth-order valence-corrected chi connectivity index (χ4v) is 15.8. The highest BCUT2D eigenvalue weighted by atomic mass is 16.8. The molecule has 4 aliphatic carbocycles. The summed E-state index contributed by atoms with van der Waals surface area (Å²) in [4.78, 5) is 0. The average Bonchev–Trinajstić information content (AvgIpc) is 3.76. The lowest BCUT2D eigenvalue weighted by molar-refractivity contribution is -0.389. The molecule has 9 aliphatic rings. The van der Waals surface area contributed by atoms with E-state index in [2.05, 4.69) is 47.6 Å². The first-order valence-corrected chi connectivity index (χ1v) is 24.0. The summed E-state index contributed by atoms with van der Waals surface area (Å²) in [5.41, 5.74) is -0.584. The molecule has 5 heterocycles. The highest BCUT2D eigenvalue weighted by Crippen LogP contribution is 2.80. The zero-order valence-electron chi connectivity index (χ0n) is 38.8. The lowest BCUT2D eigenvalue weighted by atomic mass is 9.35. The van der Waals surface area contributed by atoms with Crippen molar-refractivity contribution in [3.05, 3.63) is 11.6 Å². The van der Waals surface area contributed by atoms with Crippen molar-refractivity contribution in [2.24, 2.45) is 45.3 Å². The molecule has 2 bridgehead atoms. The van der Waals surface area contributed by atoms with Gasteiger partial charge >= 0.3 is 0 Å². The second-order valence-corrected chi connectivity index (χ2v) is 23.0. The number of aliphatic hydroxyl groups excluding tert-OH is 9. The van der Waals surface area contributed by atoms with E-state index < -0.39 is 122 Å². The van der Waals surface area contributed by atoms with E-state index >= 15 is 0 Å². The van der Waals surface area contributed by atoms with E-state index in [0.717, 1.165) is 44.1 Å². The quantitative estimate of drug-likeness (QED) is 0.107. The average molecular weight is 929 g/mol. The van der Waals surface area contributed by atoms with Crippen molar-refractivity contribution in [2.45, 2.75) is 209 Å². The van der Waals surface area contributed by atoms with E-state index in [4.69, 9.17) is 37.9 Å². The van der Waals surface area contributed by atoms with Gasteiger partial charge in [0.1, 0.15) is 67.1 Å². The van der Waals surface area contributed by atoms with E-state index in [1.165, 1.54) is 0 Å². The first kappa shape index (κ1) is 49.0. The molecule has 25 unspecified atom stereocenters. The smallest absolute Gasteiger partial charge is 0.187 e. The molecular weight excluding hydrogens is 852 g/mol. The van der Waals surface area contributed by atoms with Crippen LogP contribution in [0.2, 0.25) is 0 Å². The highest BCUT2D eigenvalue weighted by molar-refractivity contribution is 5.26. The monoisotopic (exact) mass is 929 g/mol. The maximum atomic E-state index is 12.2. The van der Waals surface area contributed by atoms with Gasteiger partial charge < -0.3 is 89.0 Å². The van der Waals surface area contributed by atoms with Gasteiger partial charge in [-0.15, -0.1) is 0 Å². The Hall–Kier alpha value is -0.980. The SMILES string of the molecule is CC(C)=CC1CC(C)(O)C2C3CCC4C5(C)CCC(OC6OCC(O)C(OC7OC(CO)C(O)C(O)C7O)C6OC6OC(CO)C(O)C(O)C6O)C(C)(C)C5CCC4(C)C34COC2(C4)O1. The molecule has 9 rings (SSSR count). The van der Waals surface area contributed by atoms with Gasteiger partial charge in [-0.05, 0) is 93.3 Å². The number of aliphatic hydroxyl groups is 10. The third-order valence-corrected chi connectivity index (χ3v) is 18.7. The molecule has 0 aromatic rings. The zero-order chi connectivity index (χ0) is 47.0. The number of rotatable bonds is 9. The van der Waals surface area contributed by atoms with Crippen LogP contribution in [0, 0.1) is 45.3 Å². The molecular formula is C47H76O18. The second-order valence-electron chi connectivity index (χ2n) is 23.0. The van der Waals surface area contributed by atoms with Crippen molar-refractivity contribution in [3.8, 4) is 0 Å². The number of allylic oxidation sites excluding steroid dienone is 1. The molecule has 9 fully saturated rings. The third kappa shape index (κ3) is 7.49. The molecule has 5 aliphatic heterocycles. The maximum absolute atomic E-state index is 12.2. The van der Waals surface area contributed by atoms with Crippen molar-refractivity contribution >= 4 is 0 Å². The van der Waals surface area contributed by atoms with Crippen LogP contribution in [-0.2, 0) is 37.9 Å². The summed E-state index contributed by atoms with van der Waals surface area (Å²) in [5.74, 6) is -0.125. The molecule has 10 N–H and O–H groups in total. The Balaban J connectivity index is 0.978. The predicted molar refractivity (Wildman–Crippen MR) is 225 cm³/mol. The van der Waals surface area contributed by atoms with Crippen molar-refractivity contribution in [1.82, 2.24) is 0 Å². The summed E-state index contributed by atoms with van der Waals surface area (Å²) in [6, 6.07) is 0. The molecule has 65 heavy (non-hydrogen) atoms. The highest BCUT2D eigenvalue weighted by Gasteiger charge is 2.81. The second kappa shape index (κ2) is 17.1. The van der Waals surface area contributed by atoms with Gasteiger partial charge in [0.25, 0.3) is 0 Å². The lowest BCUT2D eigenvalue weighted by Crippen LogP contribution is -2.68. The molecule has 4 saturated carbocycles. The minimum Gasteiger partial charge on any atom is -0.394 e. The summed E-state index contributed by atoms with van der Waals surface area (Å²) in [6.45, 7) is 14.3. The number of hydrogen-bond donors (Lipinski definition) is 10. The van der Waals surface area contributed by atoms with Crippen molar-refractivity contribution in [3.63, 3.8) is 0 Å². The Labute approximate surface area is 381 Å². The number of ether oxygens (including phenoxy) is 8. The molecule has 2 spiro atoms.